The van der Waals surface area contributed by atoms with Crippen molar-refractivity contribution in [1.29, 1.82) is 5.26 Å². The molecule has 0 bridgehead atoms. The molecule has 31 heavy (non-hydrogen) atoms. The largest absolute Gasteiger partial charge is 0.497 e. The van der Waals surface area contributed by atoms with Gasteiger partial charge in [-0.25, -0.2) is 4.79 Å². The third-order valence-corrected chi connectivity index (χ3v) is 4.31. The molecule has 1 N–H and O–H groups in total. The first kappa shape index (κ1) is 21.6. The van der Waals surface area contributed by atoms with Crippen molar-refractivity contribution in [1.82, 2.24) is 5.16 Å². The number of anilines is 1. The van der Waals surface area contributed by atoms with Gasteiger partial charge in [-0.1, -0.05) is 28.9 Å². The molecule has 156 valence electrons. The van der Waals surface area contributed by atoms with Crippen LogP contribution in [0.25, 0.3) is 6.08 Å². The number of rotatable bonds is 6. The summed E-state index contributed by atoms with van der Waals surface area (Å²) >= 11 is 6.22. The fraction of sp³-hybridized carbons (Fsp3) is 0.0909. The van der Waals surface area contributed by atoms with Crippen molar-refractivity contribution in [2.24, 2.45) is 0 Å². The van der Waals surface area contributed by atoms with Crippen LogP contribution in [-0.4, -0.2) is 24.1 Å². The Morgan fingerprint density at radius 1 is 1.23 bits per heavy atom. The molecule has 0 saturated heterocycles. The molecule has 0 atom stereocenters. The first-order valence-corrected chi connectivity index (χ1v) is 9.29. The van der Waals surface area contributed by atoms with E-state index < -0.39 is 11.9 Å². The van der Waals surface area contributed by atoms with E-state index >= 15 is 0 Å². The number of halogens is 1. The summed E-state index contributed by atoms with van der Waals surface area (Å²) in [5, 5.41) is 15.6. The normalized spacial score (nSPS) is 10.8. The average molecular weight is 438 g/mol. The van der Waals surface area contributed by atoms with E-state index in [1.807, 2.05) is 6.07 Å². The van der Waals surface area contributed by atoms with Crippen LogP contribution in [-0.2, 0) is 4.79 Å². The number of aryl methyl sites for hydroxylation is 1. The van der Waals surface area contributed by atoms with Crippen LogP contribution in [0.15, 0.2) is 58.6 Å². The van der Waals surface area contributed by atoms with Gasteiger partial charge in [0.25, 0.3) is 5.91 Å². The summed E-state index contributed by atoms with van der Waals surface area (Å²) < 4.78 is 15.3. The van der Waals surface area contributed by atoms with Crippen LogP contribution in [0.4, 0.5) is 5.82 Å². The van der Waals surface area contributed by atoms with Gasteiger partial charge in [-0.3, -0.25) is 4.79 Å². The lowest BCUT2D eigenvalue weighted by Gasteiger charge is -2.08. The number of hydrogen-bond donors (Lipinski definition) is 1. The topological polar surface area (TPSA) is 114 Å². The zero-order chi connectivity index (χ0) is 22.4. The van der Waals surface area contributed by atoms with Crippen molar-refractivity contribution in [2.45, 2.75) is 6.92 Å². The van der Waals surface area contributed by atoms with Crippen LogP contribution in [0, 0.1) is 18.3 Å². The highest BCUT2D eigenvalue weighted by atomic mass is 35.5. The lowest BCUT2D eigenvalue weighted by molar-refractivity contribution is -0.112. The summed E-state index contributed by atoms with van der Waals surface area (Å²) in [6, 6.07) is 14.4. The second-order valence-corrected chi connectivity index (χ2v) is 6.67. The van der Waals surface area contributed by atoms with Crippen molar-refractivity contribution in [3.05, 3.63) is 76.0 Å². The molecule has 2 aromatic carbocycles. The van der Waals surface area contributed by atoms with E-state index in [4.69, 9.17) is 25.6 Å². The predicted molar refractivity (Wildman–Crippen MR) is 113 cm³/mol. The van der Waals surface area contributed by atoms with Gasteiger partial charge in [0, 0.05) is 6.07 Å². The van der Waals surface area contributed by atoms with E-state index in [9.17, 15) is 14.9 Å². The third-order valence-electron chi connectivity index (χ3n) is 4.01. The number of nitriles is 1. The number of hydrogen-bond acceptors (Lipinski definition) is 7. The summed E-state index contributed by atoms with van der Waals surface area (Å²) in [5.41, 5.74) is 0.595. The smallest absolute Gasteiger partial charge is 0.343 e. The number of benzene rings is 2. The zero-order valence-electron chi connectivity index (χ0n) is 16.5. The Morgan fingerprint density at radius 2 is 2.03 bits per heavy atom. The molecule has 0 fully saturated rings. The minimum atomic E-state index is -0.652. The molecule has 0 aliphatic rings. The average Bonchev–Trinajstić information content (AvgIpc) is 3.18. The number of carbonyl (C=O) groups excluding carboxylic acids is 2. The molecule has 0 unspecified atom stereocenters. The maximum atomic E-state index is 12.4. The van der Waals surface area contributed by atoms with Gasteiger partial charge in [-0.15, -0.1) is 0 Å². The Balaban J connectivity index is 1.75. The molecule has 1 heterocycles. The number of nitrogens with zero attached hydrogens (tertiary/aromatic N) is 2. The van der Waals surface area contributed by atoms with Crippen molar-refractivity contribution in [3.63, 3.8) is 0 Å². The van der Waals surface area contributed by atoms with Crippen molar-refractivity contribution < 1.29 is 23.6 Å². The van der Waals surface area contributed by atoms with Gasteiger partial charge in [-0.05, 0) is 48.9 Å². The highest BCUT2D eigenvalue weighted by molar-refractivity contribution is 6.32. The Hall–Kier alpha value is -4.09. The fourth-order valence-electron chi connectivity index (χ4n) is 2.52. The molecule has 0 aliphatic heterocycles. The molecular formula is C22H16ClN3O5. The summed E-state index contributed by atoms with van der Waals surface area (Å²) in [5.74, 6) is 0.103. The molecule has 8 nitrogen and oxygen atoms in total. The highest BCUT2D eigenvalue weighted by Gasteiger charge is 2.14. The van der Waals surface area contributed by atoms with Gasteiger partial charge in [-0.2, -0.15) is 5.26 Å². The van der Waals surface area contributed by atoms with Gasteiger partial charge in [0.1, 0.15) is 28.9 Å². The molecule has 0 aliphatic carbocycles. The molecule has 1 aromatic heterocycles. The number of carbonyl (C=O) groups is 2. The minimum absolute atomic E-state index is 0.132. The number of methoxy groups -OCH3 is 1. The van der Waals surface area contributed by atoms with Crippen LogP contribution >= 0.6 is 11.6 Å². The van der Waals surface area contributed by atoms with Crippen LogP contribution < -0.4 is 14.8 Å². The second kappa shape index (κ2) is 9.61. The van der Waals surface area contributed by atoms with E-state index in [1.54, 1.807) is 37.3 Å². The van der Waals surface area contributed by atoms with Gasteiger partial charge in [0.05, 0.1) is 17.7 Å². The Bertz CT molecular complexity index is 1210. The summed E-state index contributed by atoms with van der Waals surface area (Å²) in [4.78, 5) is 24.6. The molecule has 0 saturated carbocycles. The van der Waals surface area contributed by atoms with Crippen molar-refractivity contribution >= 4 is 35.4 Å². The van der Waals surface area contributed by atoms with E-state index in [2.05, 4.69) is 10.5 Å². The number of aromatic nitrogens is 1. The minimum Gasteiger partial charge on any atom is -0.497 e. The third kappa shape index (κ3) is 5.50. The predicted octanol–water partition coefficient (Wildman–Crippen LogP) is 4.41. The summed E-state index contributed by atoms with van der Waals surface area (Å²) in [7, 11) is 1.50. The van der Waals surface area contributed by atoms with E-state index in [1.165, 1.54) is 31.4 Å². The molecule has 9 heteroatoms. The number of ether oxygens (including phenoxy) is 2. The molecular weight excluding hydrogens is 422 g/mol. The van der Waals surface area contributed by atoms with E-state index in [0.29, 0.717) is 22.6 Å². The first-order valence-electron chi connectivity index (χ1n) is 8.92. The standard InChI is InChI=1S/C22H16ClN3O5/c1-13-8-20(26-31-13)25-21(27)16(12-24)9-14-6-7-19(18(23)10-14)30-22(28)15-4-3-5-17(11-15)29-2/h3-11H,1-2H3,(H,25,26,27)/b16-9-. The molecule has 0 radical (unpaired) electrons. The van der Waals surface area contributed by atoms with Crippen LogP contribution in [0.5, 0.6) is 11.5 Å². The zero-order valence-corrected chi connectivity index (χ0v) is 17.3. The maximum absolute atomic E-state index is 12.4. The molecule has 0 spiro atoms. The van der Waals surface area contributed by atoms with Gasteiger partial charge in [0.2, 0.25) is 0 Å². The van der Waals surface area contributed by atoms with E-state index in [-0.39, 0.29) is 22.2 Å². The lowest BCUT2D eigenvalue weighted by atomic mass is 10.1. The van der Waals surface area contributed by atoms with Crippen LogP contribution in [0.2, 0.25) is 5.02 Å². The maximum Gasteiger partial charge on any atom is 0.343 e. The lowest BCUT2D eigenvalue weighted by Crippen LogP contribution is -2.13. The van der Waals surface area contributed by atoms with E-state index in [0.717, 1.165) is 0 Å². The van der Waals surface area contributed by atoms with Crippen molar-refractivity contribution in [3.8, 4) is 17.6 Å². The van der Waals surface area contributed by atoms with Gasteiger partial charge >= 0.3 is 5.97 Å². The van der Waals surface area contributed by atoms with Crippen molar-refractivity contribution in [2.75, 3.05) is 12.4 Å². The molecule has 3 aromatic rings. The quantitative estimate of drug-likeness (QED) is 0.263. The number of esters is 1. The summed E-state index contributed by atoms with van der Waals surface area (Å²) in [6.07, 6.45) is 1.35. The fourth-order valence-corrected chi connectivity index (χ4v) is 2.75. The summed E-state index contributed by atoms with van der Waals surface area (Å²) in [6.45, 7) is 1.67. The Labute approximate surface area is 182 Å². The number of amides is 1. The van der Waals surface area contributed by atoms with Gasteiger partial charge in [0.15, 0.2) is 5.82 Å². The number of nitrogens with one attached hydrogen (secondary N) is 1. The van der Waals surface area contributed by atoms with Gasteiger partial charge < -0.3 is 19.3 Å². The Morgan fingerprint density at radius 3 is 2.68 bits per heavy atom. The van der Waals surface area contributed by atoms with Crippen LogP contribution in [0.1, 0.15) is 21.7 Å². The Kier molecular flexibility index (Phi) is 6.70. The SMILES string of the molecule is COc1cccc(C(=O)Oc2ccc(/C=C(/C#N)C(=O)Nc3cc(C)on3)cc2Cl)c1. The van der Waals surface area contributed by atoms with Crippen LogP contribution in [0.3, 0.4) is 0 Å². The highest BCUT2D eigenvalue weighted by Crippen LogP contribution is 2.28. The monoisotopic (exact) mass is 437 g/mol. The molecule has 1 amide bonds. The molecule has 3 rings (SSSR count). The first-order chi connectivity index (χ1) is 14.9. The second-order valence-electron chi connectivity index (χ2n) is 6.26.